The lowest BCUT2D eigenvalue weighted by Crippen LogP contribution is -2.32. The van der Waals surface area contributed by atoms with Crippen LogP contribution >= 0.6 is 0 Å². The van der Waals surface area contributed by atoms with Crippen LogP contribution in [0.5, 0.6) is 17.2 Å². The van der Waals surface area contributed by atoms with Crippen LogP contribution < -0.4 is 10.1 Å². The van der Waals surface area contributed by atoms with Gasteiger partial charge in [-0.25, -0.2) is 0 Å². The molecule has 0 bridgehead atoms. The van der Waals surface area contributed by atoms with Gasteiger partial charge in [0.15, 0.2) is 17.2 Å². The lowest BCUT2D eigenvalue weighted by molar-refractivity contribution is 0.339. The van der Waals surface area contributed by atoms with Crippen LogP contribution in [0.4, 0.5) is 0 Å². The van der Waals surface area contributed by atoms with Crippen molar-refractivity contribution in [3.05, 3.63) is 36.2 Å². The van der Waals surface area contributed by atoms with Crippen LogP contribution in [0.15, 0.2) is 30.5 Å². The summed E-state index contributed by atoms with van der Waals surface area (Å²) in [5.74, 6) is 1.29. The molecule has 1 aromatic carbocycles. The van der Waals surface area contributed by atoms with E-state index in [1.807, 2.05) is 17.7 Å². The molecule has 0 saturated carbocycles. The molecule has 1 saturated heterocycles. The van der Waals surface area contributed by atoms with E-state index in [1.165, 1.54) is 6.42 Å². The van der Waals surface area contributed by atoms with Crippen molar-refractivity contribution in [1.29, 1.82) is 0 Å². The maximum atomic E-state index is 9.76. The van der Waals surface area contributed by atoms with E-state index in [9.17, 15) is 5.11 Å². The monoisotopic (exact) mass is 273 g/mol. The maximum absolute atomic E-state index is 9.76. The Morgan fingerprint density at radius 1 is 1.35 bits per heavy atom. The Kier molecular flexibility index (Phi) is 3.60. The van der Waals surface area contributed by atoms with E-state index in [1.54, 1.807) is 24.4 Å². The van der Waals surface area contributed by atoms with E-state index < -0.39 is 0 Å². The minimum Gasteiger partial charge on any atom is -0.504 e. The van der Waals surface area contributed by atoms with Crippen molar-refractivity contribution in [2.45, 2.75) is 25.8 Å². The molecule has 2 N–H and O–H groups in total. The minimum absolute atomic E-state index is 0.138. The maximum Gasteiger partial charge on any atom is 0.169 e. The first-order valence-corrected chi connectivity index (χ1v) is 6.96. The standard InChI is InChI=1S/C15H19N3O2/c1-11-15(20-14-7-3-2-6-13(14)19)10-17-18(11)12-5-4-8-16-9-12/h2-3,6-7,10,12,16,19H,4-5,8-9H2,1H3. The number of nitrogens with zero attached hydrogens (tertiary/aromatic N) is 2. The molecule has 20 heavy (non-hydrogen) atoms. The summed E-state index contributed by atoms with van der Waals surface area (Å²) in [5.41, 5.74) is 0.988. The van der Waals surface area contributed by atoms with Crippen LogP contribution in [-0.2, 0) is 0 Å². The molecule has 106 valence electrons. The normalized spacial score (nSPS) is 18.9. The zero-order chi connectivity index (χ0) is 13.9. The summed E-state index contributed by atoms with van der Waals surface area (Å²) in [5, 5.41) is 17.6. The van der Waals surface area contributed by atoms with Gasteiger partial charge in [-0.2, -0.15) is 5.10 Å². The van der Waals surface area contributed by atoms with Gasteiger partial charge < -0.3 is 15.2 Å². The Labute approximate surface area is 118 Å². The highest BCUT2D eigenvalue weighted by Crippen LogP contribution is 2.32. The summed E-state index contributed by atoms with van der Waals surface area (Å²) in [6.45, 7) is 4.02. The molecule has 2 heterocycles. The Morgan fingerprint density at radius 3 is 2.95 bits per heavy atom. The van der Waals surface area contributed by atoms with Crippen molar-refractivity contribution in [1.82, 2.24) is 15.1 Å². The van der Waals surface area contributed by atoms with E-state index in [0.29, 0.717) is 17.5 Å². The summed E-state index contributed by atoms with van der Waals surface area (Å²) < 4.78 is 7.77. The van der Waals surface area contributed by atoms with Gasteiger partial charge >= 0.3 is 0 Å². The van der Waals surface area contributed by atoms with Crippen LogP contribution in [0.2, 0.25) is 0 Å². The second-order valence-corrected chi connectivity index (χ2v) is 5.11. The predicted molar refractivity (Wildman–Crippen MR) is 76.3 cm³/mol. The molecular weight excluding hydrogens is 254 g/mol. The topological polar surface area (TPSA) is 59.3 Å². The van der Waals surface area contributed by atoms with Crippen LogP contribution in [-0.4, -0.2) is 28.0 Å². The number of hydrogen-bond donors (Lipinski definition) is 2. The highest BCUT2D eigenvalue weighted by molar-refractivity contribution is 5.42. The van der Waals surface area contributed by atoms with Gasteiger partial charge in [-0.3, -0.25) is 4.68 Å². The molecular formula is C15H19N3O2. The first kappa shape index (κ1) is 13.0. The lowest BCUT2D eigenvalue weighted by atomic mass is 10.1. The quantitative estimate of drug-likeness (QED) is 0.902. The molecule has 1 unspecified atom stereocenters. The molecule has 1 atom stereocenters. The van der Waals surface area contributed by atoms with E-state index in [0.717, 1.165) is 25.2 Å². The molecule has 3 rings (SSSR count). The summed E-state index contributed by atoms with van der Waals surface area (Å²) >= 11 is 0. The predicted octanol–water partition coefficient (Wildman–Crippen LogP) is 2.61. The third-order valence-electron chi connectivity index (χ3n) is 3.70. The Hall–Kier alpha value is -2.01. The van der Waals surface area contributed by atoms with Gasteiger partial charge in [0.1, 0.15) is 0 Å². The fourth-order valence-corrected chi connectivity index (χ4v) is 2.58. The Balaban J connectivity index is 1.81. The number of phenols is 1. The fraction of sp³-hybridized carbons (Fsp3) is 0.400. The molecule has 1 aromatic heterocycles. The van der Waals surface area contributed by atoms with Crippen LogP contribution in [0.1, 0.15) is 24.6 Å². The molecule has 2 aromatic rings. The molecule has 0 spiro atoms. The molecule has 0 amide bonds. The smallest absolute Gasteiger partial charge is 0.169 e. The number of aromatic nitrogens is 2. The van der Waals surface area contributed by atoms with Gasteiger partial charge in [-0.05, 0) is 38.4 Å². The van der Waals surface area contributed by atoms with Gasteiger partial charge in [0.25, 0.3) is 0 Å². The van der Waals surface area contributed by atoms with Gasteiger partial charge in [-0.1, -0.05) is 12.1 Å². The Morgan fingerprint density at radius 2 is 2.20 bits per heavy atom. The number of rotatable bonds is 3. The van der Waals surface area contributed by atoms with Crippen LogP contribution in [0.3, 0.4) is 0 Å². The largest absolute Gasteiger partial charge is 0.504 e. The van der Waals surface area contributed by atoms with Crippen molar-refractivity contribution in [2.24, 2.45) is 0 Å². The minimum atomic E-state index is 0.138. The van der Waals surface area contributed by atoms with Crippen LogP contribution in [0.25, 0.3) is 0 Å². The van der Waals surface area contributed by atoms with E-state index in [4.69, 9.17) is 4.74 Å². The number of benzene rings is 1. The molecule has 0 aliphatic carbocycles. The van der Waals surface area contributed by atoms with Gasteiger partial charge in [-0.15, -0.1) is 0 Å². The highest BCUT2D eigenvalue weighted by Gasteiger charge is 2.19. The number of aromatic hydroxyl groups is 1. The van der Waals surface area contributed by atoms with Crippen molar-refractivity contribution in [3.63, 3.8) is 0 Å². The fourth-order valence-electron chi connectivity index (χ4n) is 2.58. The average molecular weight is 273 g/mol. The number of para-hydroxylation sites is 2. The number of ether oxygens (including phenoxy) is 1. The summed E-state index contributed by atoms with van der Waals surface area (Å²) in [6, 6.07) is 7.34. The third-order valence-corrected chi connectivity index (χ3v) is 3.70. The van der Waals surface area contributed by atoms with Crippen molar-refractivity contribution in [3.8, 4) is 17.2 Å². The number of hydrogen-bond acceptors (Lipinski definition) is 4. The zero-order valence-corrected chi connectivity index (χ0v) is 11.5. The zero-order valence-electron chi connectivity index (χ0n) is 11.5. The summed E-state index contributed by atoms with van der Waals surface area (Å²) in [6.07, 6.45) is 4.02. The highest BCUT2D eigenvalue weighted by atomic mass is 16.5. The molecule has 1 aliphatic rings. The number of nitrogens with one attached hydrogen (secondary N) is 1. The summed E-state index contributed by atoms with van der Waals surface area (Å²) in [7, 11) is 0. The first-order valence-electron chi connectivity index (χ1n) is 6.96. The van der Waals surface area contributed by atoms with Crippen molar-refractivity contribution < 1.29 is 9.84 Å². The van der Waals surface area contributed by atoms with E-state index in [2.05, 4.69) is 10.4 Å². The SMILES string of the molecule is Cc1c(Oc2ccccc2O)cnn1C1CCCNC1. The molecule has 5 heteroatoms. The Bertz CT molecular complexity index is 589. The molecule has 5 nitrogen and oxygen atoms in total. The first-order chi connectivity index (χ1) is 9.75. The average Bonchev–Trinajstić information content (AvgIpc) is 2.84. The number of phenolic OH excluding ortho intramolecular Hbond substituents is 1. The van der Waals surface area contributed by atoms with Crippen molar-refractivity contribution in [2.75, 3.05) is 13.1 Å². The second-order valence-electron chi connectivity index (χ2n) is 5.11. The van der Waals surface area contributed by atoms with E-state index >= 15 is 0 Å². The van der Waals surface area contributed by atoms with Gasteiger partial charge in [0, 0.05) is 6.54 Å². The van der Waals surface area contributed by atoms with Crippen LogP contribution in [0, 0.1) is 6.92 Å². The molecule has 1 fully saturated rings. The lowest BCUT2D eigenvalue weighted by Gasteiger charge is -2.24. The second kappa shape index (κ2) is 5.54. The third kappa shape index (κ3) is 2.49. The van der Waals surface area contributed by atoms with Crippen molar-refractivity contribution >= 4 is 0 Å². The van der Waals surface area contributed by atoms with Gasteiger partial charge in [0.2, 0.25) is 0 Å². The van der Waals surface area contributed by atoms with Gasteiger partial charge in [0.05, 0.1) is 17.9 Å². The molecule has 1 aliphatic heterocycles. The summed E-state index contributed by atoms with van der Waals surface area (Å²) in [4.78, 5) is 0. The number of piperidine rings is 1. The van der Waals surface area contributed by atoms with E-state index in [-0.39, 0.29) is 5.75 Å². The molecule has 0 radical (unpaired) electrons.